The van der Waals surface area contributed by atoms with E-state index in [4.69, 9.17) is 9.26 Å². The van der Waals surface area contributed by atoms with Gasteiger partial charge in [0.1, 0.15) is 30.2 Å². The third-order valence-electron chi connectivity index (χ3n) is 3.48. The van der Waals surface area contributed by atoms with Crippen LogP contribution in [-0.4, -0.2) is 54.4 Å². The smallest absolute Gasteiger partial charge is 0.386 e. The SMILES string of the molecule is O=P1(O)OCC2O[C@@H](n3cnc4cncnc43)[C@H](O)C2O1. The largest absolute Gasteiger partial charge is 0.472 e. The normalized spacial score (nSPS) is 39.5. The number of fused-ring (bicyclic) bond motifs is 2. The molecule has 2 aromatic rings. The molecule has 0 bridgehead atoms. The molecule has 112 valence electrons. The van der Waals surface area contributed by atoms with Gasteiger partial charge >= 0.3 is 7.82 Å². The van der Waals surface area contributed by atoms with Crippen LogP contribution in [0.3, 0.4) is 0 Å². The first-order chi connectivity index (χ1) is 10.1. The molecular weight excluding hydrogens is 303 g/mol. The molecular formula is C10H11N4O6P. The van der Waals surface area contributed by atoms with Crippen molar-refractivity contribution in [3.63, 3.8) is 0 Å². The van der Waals surface area contributed by atoms with Crippen molar-refractivity contribution < 1.29 is 28.3 Å². The monoisotopic (exact) mass is 314 g/mol. The Labute approximate surface area is 117 Å². The summed E-state index contributed by atoms with van der Waals surface area (Å²) in [5, 5.41) is 10.3. The molecule has 2 fully saturated rings. The summed E-state index contributed by atoms with van der Waals surface area (Å²) in [6.45, 7) is -0.131. The Morgan fingerprint density at radius 3 is 3.14 bits per heavy atom. The maximum Gasteiger partial charge on any atom is 0.472 e. The highest BCUT2D eigenvalue weighted by molar-refractivity contribution is 7.47. The number of rotatable bonds is 1. The number of phosphoric acid groups is 1. The molecule has 21 heavy (non-hydrogen) atoms. The Hall–Kier alpha value is -1.42. The van der Waals surface area contributed by atoms with Gasteiger partial charge in [-0.25, -0.2) is 19.5 Å². The van der Waals surface area contributed by atoms with Crippen LogP contribution in [0.4, 0.5) is 0 Å². The van der Waals surface area contributed by atoms with Crippen molar-refractivity contribution in [3.05, 3.63) is 18.9 Å². The number of hydrogen-bond acceptors (Lipinski definition) is 8. The zero-order valence-corrected chi connectivity index (χ0v) is 11.4. The minimum absolute atomic E-state index is 0.131. The molecule has 0 aliphatic carbocycles. The molecule has 0 aromatic carbocycles. The molecule has 2 aliphatic rings. The average molecular weight is 314 g/mol. The van der Waals surface area contributed by atoms with E-state index in [1.54, 1.807) is 0 Å². The number of ether oxygens (including phenoxy) is 1. The van der Waals surface area contributed by atoms with Crippen molar-refractivity contribution in [3.8, 4) is 0 Å². The van der Waals surface area contributed by atoms with Crippen molar-refractivity contribution in [2.45, 2.75) is 24.5 Å². The molecule has 0 saturated carbocycles. The highest BCUT2D eigenvalue weighted by atomic mass is 31.2. The van der Waals surface area contributed by atoms with Gasteiger partial charge in [-0.2, -0.15) is 0 Å². The Morgan fingerprint density at radius 1 is 1.43 bits per heavy atom. The average Bonchev–Trinajstić information content (AvgIpc) is 3.00. The Balaban J connectivity index is 1.69. The predicted molar refractivity (Wildman–Crippen MR) is 65.9 cm³/mol. The fraction of sp³-hybridized carbons (Fsp3) is 0.500. The molecule has 0 spiro atoms. The number of aromatic nitrogens is 4. The first kappa shape index (κ1) is 13.3. The van der Waals surface area contributed by atoms with Crippen LogP contribution in [0.1, 0.15) is 6.23 Å². The quantitative estimate of drug-likeness (QED) is 0.675. The number of hydrogen-bond donors (Lipinski definition) is 2. The van der Waals surface area contributed by atoms with Crippen molar-refractivity contribution in [1.29, 1.82) is 0 Å². The van der Waals surface area contributed by atoms with E-state index in [1.807, 2.05) is 0 Å². The van der Waals surface area contributed by atoms with E-state index in [9.17, 15) is 14.6 Å². The first-order valence-corrected chi connectivity index (χ1v) is 7.66. The van der Waals surface area contributed by atoms with Crippen LogP contribution in [-0.2, 0) is 18.3 Å². The van der Waals surface area contributed by atoms with Crippen LogP contribution >= 0.6 is 7.82 Å². The second-order valence-electron chi connectivity index (χ2n) is 4.77. The van der Waals surface area contributed by atoms with Gasteiger partial charge in [-0.1, -0.05) is 0 Å². The van der Waals surface area contributed by atoms with Crippen LogP contribution in [0.2, 0.25) is 0 Å². The summed E-state index contributed by atoms with van der Waals surface area (Å²) in [6.07, 6.45) is 0.792. The molecule has 10 nitrogen and oxygen atoms in total. The minimum atomic E-state index is -4.14. The van der Waals surface area contributed by atoms with Crippen molar-refractivity contribution in [2.24, 2.45) is 0 Å². The van der Waals surface area contributed by atoms with E-state index in [2.05, 4.69) is 19.5 Å². The second kappa shape index (κ2) is 4.54. The lowest BCUT2D eigenvalue weighted by atomic mass is 10.1. The fourth-order valence-electron chi connectivity index (χ4n) is 2.54. The van der Waals surface area contributed by atoms with Crippen LogP contribution in [0, 0.1) is 0 Å². The van der Waals surface area contributed by atoms with E-state index < -0.39 is 32.4 Å². The molecule has 2 aliphatic heterocycles. The van der Waals surface area contributed by atoms with Crippen LogP contribution in [0.15, 0.2) is 18.9 Å². The standard InChI is InChI=1S/C10H11N4O6P/c15-7-8-6(2-18-21(16,17)20-8)19-10(7)14-4-13-5-1-11-3-12-9(5)14/h1,3-4,6-8,10,15H,2H2,(H,16,17)/t6?,7-,8?,10-/m1/s1. The van der Waals surface area contributed by atoms with Gasteiger partial charge in [-0.05, 0) is 0 Å². The summed E-state index contributed by atoms with van der Waals surface area (Å²) < 4.78 is 28.2. The van der Waals surface area contributed by atoms with Crippen LogP contribution < -0.4 is 0 Å². The highest BCUT2D eigenvalue weighted by Crippen LogP contribution is 2.52. The molecule has 4 rings (SSSR count). The summed E-state index contributed by atoms with van der Waals surface area (Å²) in [4.78, 5) is 21.4. The molecule has 4 heterocycles. The second-order valence-corrected chi connectivity index (χ2v) is 6.18. The lowest BCUT2D eigenvalue weighted by Gasteiger charge is -2.27. The first-order valence-electron chi connectivity index (χ1n) is 6.17. The van der Waals surface area contributed by atoms with Crippen molar-refractivity contribution >= 4 is 19.0 Å². The predicted octanol–water partition coefficient (Wildman–Crippen LogP) is -0.400. The van der Waals surface area contributed by atoms with Gasteiger partial charge in [0.2, 0.25) is 0 Å². The van der Waals surface area contributed by atoms with Gasteiger partial charge in [-0.15, -0.1) is 0 Å². The lowest BCUT2D eigenvalue weighted by molar-refractivity contribution is -0.0664. The van der Waals surface area contributed by atoms with E-state index >= 15 is 0 Å². The molecule has 11 heteroatoms. The molecule has 2 aromatic heterocycles. The van der Waals surface area contributed by atoms with Gasteiger partial charge in [0.25, 0.3) is 0 Å². The maximum absolute atomic E-state index is 11.4. The Kier molecular flexibility index (Phi) is 2.86. The van der Waals surface area contributed by atoms with Gasteiger partial charge in [0.15, 0.2) is 11.9 Å². The van der Waals surface area contributed by atoms with Gasteiger partial charge in [0, 0.05) is 0 Å². The third-order valence-corrected chi connectivity index (χ3v) is 4.46. The summed E-state index contributed by atoms with van der Waals surface area (Å²) >= 11 is 0. The molecule has 5 atom stereocenters. The third kappa shape index (κ3) is 2.08. The minimum Gasteiger partial charge on any atom is -0.386 e. The lowest BCUT2D eigenvalue weighted by Crippen LogP contribution is -2.39. The number of phosphoric ester groups is 1. The number of nitrogens with zero attached hydrogens (tertiary/aromatic N) is 4. The number of imidazole rings is 1. The molecule has 2 saturated heterocycles. The van der Waals surface area contributed by atoms with E-state index in [0.717, 1.165) is 0 Å². The van der Waals surface area contributed by atoms with Gasteiger partial charge in [0.05, 0.1) is 19.1 Å². The number of aliphatic hydroxyl groups is 1. The number of aliphatic hydroxyl groups excluding tert-OH is 1. The van der Waals surface area contributed by atoms with E-state index in [-0.39, 0.29) is 6.61 Å². The fourth-order valence-corrected chi connectivity index (χ4v) is 3.50. The zero-order valence-electron chi connectivity index (χ0n) is 10.5. The molecule has 2 N–H and O–H groups in total. The zero-order chi connectivity index (χ0) is 14.6. The van der Waals surface area contributed by atoms with E-state index in [1.165, 1.54) is 23.4 Å². The molecule has 3 unspecified atom stereocenters. The molecule has 0 amide bonds. The van der Waals surface area contributed by atoms with Crippen molar-refractivity contribution in [2.75, 3.05) is 6.61 Å². The summed E-state index contributed by atoms with van der Waals surface area (Å²) in [5.41, 5.74) is 1.04. The Bertz CT molecular complexity index is 737. The summed E-state index contributed by atoms with van der Waals surface area (Å²) in [5.74, 6) is 0. The summed E-state index contributed by atoms with van der Waals surface area (Å²) in [6, 6.07) is 0. The Morgan fingerprint density at radius 2 is 2.29 bits per heavy atom. The van der Waals surface area contributed by atoms with E-state index in [0.29, 0.717) is 11.2 Å². The molecule has 0 radical (unpaired) electrons. The summed E-state index contributed by atoms with van der Waals surface area (Å²) in [7, 11) is -4.14. The topological polar surface area (TPSA) is 129 Å². The van der Waals surface area contributed by atoms with Crippen LogP contribution in [0.5, 0.6) is 0 Å². The van der Waals surface area contributed by atoms with Gasteiger partial charge in [-0.3, -0.25) is 13.6 Å². The van der Waals surface area contributed by atoms with Gasteiger partial charge < -0.3 is 14.7 Å². The highest BCUT2D eigenvalue weighted by Gasteiger charge is 2.52. The van der Waals surface area contributed by atoms with Crippen molar-refractivity contribution in [1.82, 2.24) is 19.5 Å². The maximum atomic E-state index is 11.4. The van der Waals surface area contributed by atoms with Crippen LogP contribution in [0.25, 0.3) is 11.2 Å².